The molecule has 6 nitrogen and oxygen atoms in total. The van der Waals surface area contributed by atoms with Gasteiger partial charge < -0.3 is 10.6 Å². The molecule has 1 fully saturated rings. The number of anilines is 1. The fourth-order valence-electron chi connectivity index (χ4n) is 3.93. The minimum Gasteiger partial charge on any atom is -0.348 e. The fourth-order valence-corrected chi connectivity index (χ4v) is 3.93. The molecule has 2 heterocycles. The number of carbonyl (C=O) groups excluding carboxylic acids is 2. The minimum atomic E-state index is -0.604. The largest absolute Gasteiger partial charge is 0.348 e. The number of aryl methyl sites for hydroxylation is 3. The van der Waals surface area contributed by atoms with Gasteiger partial charge in [0, 0.05) is 25.0 Å². The van der Waals surface area contributed by atoms with Crippen LogP contribution in [0.5, 0.6) is 0 Å². The van der Waals surface area contributed by atoms with Crippen LogP contribution in [-0.4, -0.2) is 41.3 Å². The topological polar surface area (TPSA) is 74.3 Å². The van der Waals surface area contributed by atoms with Gasteiger partial charge in [-0.25, -0.2) is 0 Å². The van der Waals surface area contributed by atoms with E-state index >= 15 is 0 Å². The number of hydrogen-bond acceptors (Lipinski definition) is 4. The normalized spacial score (nSPS) is 15.1. The lowest BCUT2D eigenvalue weighted by atomic mass is 9.96. The molecule has 154 valence electrons. The highest BCUT2D eigenvalue weighted by Crippen LogP contribution is 2.22. The van der Waals surface area contributed by atoms with E-state index < -0.39 is 11.8 Å². The minimum absolute atomic E-state index is 0.398. The second-order valence-electron chi connectivity index (χ2n) is 7.98. The first kappa shape index (κ1) is 21.0. The number of nitrogens with one attached hydrogen (secondary N) is 2. The molecule has 2 amide bonds. The first-order valence-corrected chi connectivity index (χ1v) is 10.2. The molecule has 0 bridgehead atoms. The highest BCUT2D eigenvalue weighted by atomic mass is 16.2. The Morgan fingerprint density at radius 1 is 1.07 bits per heavy atom. The Kier molecular flexibility index (Phi) is 6.99. The average Bonchev–Trinajstić information content (AvgIpc) is 2.70. The summed E-state index contributed by atoms with van der Waals surface area (Å²) < 4.78 is 0. The standard InChI is InChI=1S/C23H30N4O2/c1-16-12-17(2)21(18(3)13-16)26-23(29)22(28)25-14-19-7-10-27(11-8-19)15-20-6-4-5-9-24-20/h4-6,9,12-13,19H,7-8,10-11,14-15H2,1-3H3,(H,25,28)(H,26,29). The number of rotatable bonds is 5. The van der Waals surface area contributed by atoms with Crippen LogP contribution in [0, 0.1) is 26.7 Å². The van der Waals surface area contributed by atoms with Gasteiger partial charge in [-0.3, -0.25) is 19.5 Å². The van der Waals surface area contributed by atoms with Gasteiger partial charge in [0.15, 0.2) is 0 Å². The van der Waals surface area contributed by atoms with Crippen LogP contribution in [0.25, 0.3) is 0 Å². The van der Waals surface area contributed by atoms with Gasteiger partial charge in [-0.05, 0) is 75.9 Å². The monoisotopic (exact) mass is 394 g/mol. The number of hydrogen-bond donors (Lipinski definition) is 2. The molecule has 2 N–H and O–H groups in total. The van der Waals surface area contributed by atoms with E-state index in [9.17, 15) is 9.59 Å². The third-order valence-electron chi connectivity index (χ3n) is 5.49. The van der Waals surface area contributed by atoms with E-state index in [1.807, 2.05) is 57.3 Å². The Bertz CT molecular complexity index is 835. The molecule has 29 heavy (non-hydrogen) atoms. The van der Waals surface area contributed by atoms with Crippen LogP contribution in [0.3, 0.4) is 0 Å². The van der Waals surface area contributed by atoms with Crippen LogP contribution < -0.4 is 10.6 Å². The Balaban J connectivity index is 1.42. The van der Waals surface area contributed by atoms with E-state index in [2.05, 4.69) is 20.5 Å². The molecule has 0 radical (unpaired) electrons. The lowest BCUT2D eigenvalue weighted by Crippen LogP contribution is -2.41. The molecule has 1 aliphatic rings. The summed E-state index contributed by atoms with van der Waals surface area (Å²) in [6.45, 7) is 9.24. The molecule has 0 unspecified atom stereocenters. The average molecular weight is 395 g/mol. The molecule has 1 saturated heterocycles. The second kappa shape index (κ2) is 9.65. The van der Waals surface area contributed by atoms with Crippen LogP contribution in [-0.2, 0) is 16.1 Å². The highest BCUT2D eigenvalue weighted by Gasteiger charge is 2.22. The van der Waals surface area contributed by atoms with Crippen molar-refractivity contribution in [3.8, 4) is 0 Å². The molecule has 0 atom stereocenters. The number of carbonyl (C=O) groups is 2. The Labute approximate surface area is 172 Å². The maximum atomic E-state index is 12.3. The lowest BCUT2D eigenvalue weighted by Gasteiger charge is -2.31. The summed E-state index contributed by atoms with van der Waals surface area (Å²) in [5, 5.41) is 5.57. The SMILES string of the molecule is Cc1cc(C)c(NC(=O)C(=O)NCC2CCN(Cc3ccccn3)CC2)c(C)c1. The van der Waals surface area contributed by atoms with E-state index in [-0.39, 0.29) is 0 Å². The zero-order valence-corrected chi connectivity index (χ0v) is 17.5. The summed E-state index contributed by atoms with van der Waals surface area (Å²) in [5.74, 6) is -0.775. The Morgan fingerprint density at radius 3 is 2.38 bits per heavy atom. The summed E-state index contributed by atoms with van der Waals surface area (Å²) in [4.78, 5) is 31.3. The third kappa shape index (κ3) is 5.87. The fraction of sp³-hybridized carbons (Fsp3) is 0.435. The van der Waals surface area contributed by atoms with Gasteiger partial charge >= 0.3 is 11.8 Å². The van der Waals surface area contributed by atoms with E-state index in [4.69, 9.17) is 0 Å². The first-order valence-electron chi connectivity index (χ1n) is 10.2. The summed E-state index contributed by atoms with van der Waals surface area (Å²) >= 11 is 0. The Morgan fingerprint density at radius 2 is 1.76 bits per heavy atom. The highest BCUT2D eigenvalue weighted by molar-refractivity contribution is 6.39. The van der Waals surface area contributed by atoms with Gasteiger partial charge in [-0.2, -0.15) is 0 Å². The number of benzene rings is 1. The Hall–Kier alpha value is -2.73. The van der Waals surface area contributed by atoms with Gasteiger partial charge in [-0.15, -0.1) is 0 Å². The third-order valence-corrected chi connectivity index (χ3v) is 5.49. The molecule has 6 heteroatoms. The van der Waals surface area contributed by atoms with E-state index in [1.54, 1.807) is 0 Å². The van der Waals surface area contributed by atoms with Crippen LogP contribution >= 0.6 is 0 Å². The summed E-state index contributed by atoms with van der Waals surface area (Å²) in [6.07, 6.45) is 3.83. The number of aromatic nitrogens is 1. The van der Waals surface area contributed by atoms with Crippen molar-refractivity contribution < 1.29 is 9.59 Å². The van der Waals surface area contributed by atoms with Crippen molar-refractivity contribution in [2.75, 3.05) is 25.0 Å². The molecular weight excluding hydrogens is 364 g/mol. The molecule has 1 aliphatic heterocycles. The number of pyridine rings is 1. The molecule has 1 aromatic heterocycles. The number of piperidine rings is 1. The van der Waals surface area contributed by atoms with E-state index in [0.29, 0.717) is 12.5 Å². The predicted molar refractivity (Wildman–Crippen MR) is 115 cm³/mol. The van der Waals surface area contributed by atoms with Crippen LogP contribution in [0.15, 0.2) is 36.5 Å². The molecule has 0 saturated carbocycles. The van der Waals surface area contributed by atoms with Crippen LogP contribution in [0.1, 0.15) is 35.2 Å². The molecule has 1 aromatic carbocycles. The van der Waals surface area contributed by atoms with Crippen molar-refractivity contribution in [2.45, 2.75) is 40.2 Å². The zero-order chi connectivity index (χ0) is 20.8. The van der Waals surface area contributed by atoms with Crippen molar-refractivity contribution in [3.05, 3.63) is 58.9 Å². The molecular formula is C23H30N4O2. The quantitative estimate of drug-likeness (QED) is 0.765. The van der Waals surface area contributed by atoms with E-state index in [0.717, 1.165) is 60.5 Å². The smallest absolute Gasteiger partial charge is 0.313 e. The van der Waals surface area contributed by atoms with Crippen molar-refractivity contribution in [2.24, 2.45) is 5.92 Å². The van der Waals surface area contributed by atoms with Crippen LogP contribution in [0.2, 0.25) is 0 Å². The second-order valence-corrected chi connectivity index (χ2v) is 7.98. The van der Waals surface area contributed by atoms with Crippen LogP contribution in [0.4, 0.5) is 5.69 Å². The maximum Gasteiger partial charge on any atom is 0.313 e. The predicted octanol–water partition coefficient (Wildman–Crippen LogP) is 2.97. The molecule has 0 aliphatic carbocycles. The number of nitrogens with zero attached hydrogens (tertiary/aromatic N) is 2. The van der Waals surface area contributed by atoms with Gasteiger partial charge in [-0.1, -0.05) is 23.8 Å². The summed E-state index contributed by atoms with van der Waals surface area (Å²) in [7, 11) is 0. The van der Waals surface area contributed by atoms with Gasteiger partial charge in [0.25, 0.3) is 0 Å². The molecule has 3 rings (SSSR count). The molecule has 2 aromatic rings. The van der Waals surface area contributed by atoms with Crippen molar-refractivity contribution in [1.82, 2.24) is 15.2 Å². The van der Waals surface area contributed by atoms with Gasteiger partial charge in [0.05, 0.1) is 5.69 Å². The maximum absolute atomic E-state index is 12.3. The number of likely N-dealkylation sites (tertiary alicyclic amines) is 1. The summed E-state index contributed by atoms with van der Waals surface area (Å²) in [5.41, 5.74) is 4.86. The van der Waals surface area contributed by atoms with Crippen molar-refractivity contribution >= 4 is 17.5 Å². The zero-order valence-electron chi connectivity index (χ0n) is 17.5. The first-order chi connectivity index (χ1) is 13.9. The van der Waals surface area contributed by atoms with Gasteiger partial charge in [0.2, 0.25) is 0 Å². The number of amides is 2. The van der Waals surface area contributed by atoms with Gasteiger partial charge in [0.1, 0.15) is 0 Å². The van der Waals surface area contributed by atoms with Crippen molar-refractivity contribution in [3.63, 3.8) is 0 Å². The van der Waals surface area contributed by atoms with E-state index in [1.165, 1.54) is 0 Å². The lowest BCUT2D eigenvalue weighted by molar-refractivity contribution is -0.136. The summed E-state index contributed by atoms with van der Waals surface area (Å²) in [6, 6.07) is 9.98. The van der Waals surface area contributed by atoms with Crippen molar-refractivity contribution in [1.29, 1.82) is 0 Å². The molecule has 0 spiro atoms.